The van der Waals surface area contributed by atoms with Crippen LogP contribution >= 0.6 is 0 Å². The van der Waals surface area contributed by atoms with Gasteiger partial charge in [0.25, 0.3) is 0 Å². The summed E-state index contributed by atoms with van der Waals surface area (Å²) in [7, 11) is 0. The van der Waals surface area contributed by atoms with Crippen molar-refractivity contribution in [3.05, 3.63) is 22.8 Å². The molecule has 0 bridgehead atoms. The van der Waals surface area contributed by atoms with Crippen LogP contribution in [-0.4, -0.2) is 38.6 Å². The molecule has 1 aromatic carbocycles. The third-order valence-electron chi connectivity index (χ3n) is 3.62. The molecule has 0 N–H and O–H groups in total. The minimum absolute atomic E-state index is 0.280. The van der Waals surface area contributed by atoms with Gasteiger partial charge in [-0.05, 0) is 43.5 Å². The summed E-state index contributed by atoms with van der Waals surface area (Å²) in [5.41, 5.74) is 3.39. The molecule has 0 radical (unpaired) electrons. The highest BCUT2D eigenvalue weighted by Gasteiger charge is 2.25. The molecule has 2 heterocycles. The summed E-state index contributed by atoms with van der Waals surface area (Å²) in [6.45, 7) is 9.10. The van der Waals surface area contributed by atoms with Gasteiger partial charge in [-0.2, -0.15) is 0 Å². The third kappa shape index (κ3) is 3.01. The minimum atomic E-state index is 0.280. The molecular weight excluding hydrogens is 244 g/mol. The Balaban J connectivity index is 1.74. The van der Waals surface area contributed by atoms with Crippen molar-refractivity contribution in [2.45, 2.75) is 33.0 Å². The second-order valence-electron chi connectivity index (χ2n) is 5.30. The van der Waals surface area contributed by atoms with Gasteiger partial charge in [0.1, 0.15) is 36.9 Å². The SMILES string of the molecule is Cc1cc(OCC2CO2)c(C)c(C)c1OCC1CO1. The number of benzene rings is 1. The smallest absolute Gasteiger partial charge is 0.125 e. The Hall–Kier alpha value is -1.26. The lowest BCUT2D eigenvalue weighted by molar-refractivity contribution is 0.254. The molecule has 0 saturated carbocycles. The van der Waals surface area contributed by atoms with E-state index >= 15 is 0 Å². The van der Waals surface area contributed by atoms with E-state index < -0.39 is 0 Å². The lowest BCUT2D eigenvalue weighted by Gasteiger charge is -2.17. The van der Waals surface area contributed by atoms with Gasteiger partial charge >= 0.3 is 0 Å². The number of rotatable bonds is 6. The molecule has 0 aromatic heterocycles. The van der Waals surface area contributed by atoms with E-state index in [1.54, 1.807) is 0 Å². The Morgan fingerprint density at radius 3 is 2.16 bits per heavy atom. The summed E-state index contributed by atoms with van der Waals surface area (Å²) < 4.78 is 22.0. The highest BCUT2D eigenvalue weighted by atomic mass is 16.6. The van der Waals surface area contributed by atoms with Gasteiger partial charge in [-0.25, -0.2) is 0 Å². The van der Waals surface area contributed by atoms with Gasteiger partial charge in [-0.1, -0.05) is 0 Å². The Bertz CT molecular complexity index is 476. The summed E-state index contributed by atoms with van der Waals surface area (Å²) >= 11 is 0. The van der Waals surface area contributed by atoms with Crippen molar-refractivity contribution >= 4 is 0 Å². The molecule has 0 spiro atoms. The molecule has 2 aliphatic heterocycles. The highest BCUT2D eigenvalue weighted by molar-refractivity contribution is 5.52. The monoisotopic (exact) mass is 264 g/mol. The van der Waals surface area contributed by atoms with Crippen molar-refractivity contribution in [2.24, 2.45) is 0 Å². The maximum absolute atomic E-state index is 5.86. The first-order valence-electron chi connectivity index (χ1n) is 6.74. The lowest BCUT2D eigenvalue weighted by Crippen LogP contribution is -2.09. The van der Waals surface area contributed by atoms with E-state index in [9.17, 15) is 0 Å². The summed E-state index contributed by atoms with van der Waals surface area (Å²) in [6, 6.07) is 2.05. The van der Waals surface area contributed by atoms with Gasteiger partial charge in [0.15, 0.2) is 0 Å². The summed E-state index contributed by atoms with van der Waals surface area (Å²) in [4.78, 5) is 0. The highest BCUT2D eigenvalue weighted by Crippen LogP contribution is 2.34. The van der Waals surface area contributed by atoms with Crippen LogP contribution in [0.2, 0.25) is 0 Å². The zero-order valence-electron chi connectivity index (χ0n) is 11.7. The molecule has 2 aliphatic rings. The van der Waals surface area contributed by atoms with Crippen LogP contribution in [0.3, 0.4) is 0 Å². The summed E-state index contributed by atoms with van der Waals surface area (Å²) in [5, 5.41) is 0. The Morgan fingerprint density at radius 1 is 1.00 bits per heavy atom. The van der Waals surface area contributed by atoms with Gasteiger partial charge in [0.2, 0.25) is 0 Å². The second-order valence-corrected chi connectivity index (χ2v) is 5.30. The molecule has 104 valence electrons. The van der Waals surface area contributed by atoms with E-state index in [4.69, 9.17) is 18.9 Å². The van der Waals surface area contributed by atoms with E-state index in [2.05, 4.69) is 20.8 Å². The van der Waals surface area contributed by atoms with Crippen molar-refractivity contribution < 1.29 is 18.9 Å². The first kappa shape index (κ1) is 12.8. The average molecular weight is 264 g/mol. The molecule has 3 rings (SSSR count). The van der Waals surface area contributed by atoms with Crippen molar-refractivity contribution in [1.82, 2.24) is 0 Å². The van der Waals surface area contributed by atoms with Gasteiger partial charge < -0.3 is 18.9 Å². The molecule has 1 aromatic rings. The topological polar surface area (TPSA) is 43.5 Å². The average Bonchev–Trinajstić information content (AvgIpc) is 3.25. The third-order valence-corrected chi connectivity index (χ3v) is 3.62. The van der Waals surface area contributed by atoms with Crippen LogP contribution in [-0.2, 0) is 9.47 Å². The van der Waals surface area contributed by atoms with E-state index in [1.165, 1.54) is 0 Å². The zero-order valence-corrected chi connectivity index (χ0v) is 11.7. The zero-order chi connectivity index (χ0) is 13.4. The lowest BCUT2D eigenvalue weighted by atomic mass is 10.0. The standard InChI is InChI=1S/C15H20O4/c1-9-4-14(18-7-12-5-16-12)10(2)11(3)15(9)19-8-13-6-17-13/h4,12-13H,5-8H2,1-3H3. The first-order valence-corrected chi connectivity index (χ1v) is 6.74. The van der Waals surface area contributed by atoms with Gasteiger partial charge in [0, 0.05) is 0 Å². The molecule has 0 amide bonds. The van der Waals surface area contributed by atoms with Gasteiger partial charge in [-0.15, -0.1) is 0 Å². The van der Waals surface area contributed by atoms with Crippen molar-refractivity contribution in [1.29, 1.82) is 0 Å². The van der Waals surface area contributed by atoms with Crippen molar-refractivity contribution in [3.63, 3.8) is 0 Å². The fourth-order valence-electron chi connectivity index (χ4n) is 2.08. The molecule has 2 saturated heterocycles. The van der Waals surface area contributed by atoms with E-state index in [0.29, 0.717) is 13.2 Å². The van der Waals surface area contributed by atoms with Crippen LogP contribution < -0.4 is 9.47 Å². The fraction of sp³-hybridized carbons (Fsp3) is 0.600. The maximum Gasteiger partial charge on any atom is 0.125 e. The van der Waals surface area contributed by atoms with Gasteiger partial charge in [-0.3, -0.25) is 0 Å². The Morgan fingerprint density at radius 2 is 1.58 bits per heavy atom. The van der Waals surface area contributed by atoms with Crippen LogP contribution in [0.25, 0.3) is 0 Å². The molecule has 2 atom stereocenters. The molecular formula is C15H20O4. The van der Waals surface area contributed by atoms with Crippen LogP contribution in [0.1, 0.15) is 16.7 Å². The number of hydrogen-bond acceptors (Lipinski definition) is 4. The maximum atomic E-state index is 5.86. The Labute approximate surface area is 113 Å². The molecule has 4 heteroatoms. The van der Waals surface area contributed by atoms with Crippen LogP contribution in [0.5, 0.6) is 11.5 Å². The minimum Gasteiger partial charge on any atom is -0.490 e. The number of ether oxygens (including phenoxy) is 4. The number of hydrogen-bond donors (Lipinski definition) is 0. The predicted octanol–water partition coefficient (Wildman–Crippen LogP) is 2.17. The molecule has 0 aliphatic carbocycles. The number of epoxide rings is 2. The fourth-order valence-corrected chi connectivity index (χ4v) is 2.08. The van der Waals surface area contributed by atoms with E-state index in [1.807, 2.05) is 6.07 Å². The van der Waals surface area contributed by atoms with Crippen molar-refractivity contribution in [3.8, 4) is 11.5 Å². The van der Waals surface area contributed by atoms with Crippen LogP contribution in [0.15, 0.2) is 6.07 Å². The largest absolute Gasteiger partial charge is 0.490 e. The summed E-state index contributed by atoms with van der Waals surface area (Å²) in [5.74, 6) is 1.89. The second kappa shape index (κ2) is 5.02. The van der Waals surface area contributed by atoms with Crippen molar-refractivity contribution in [2.75, 3.05) is 26.4 Å². The Kier molecular flexibility index (Phi) is 3.37. The van der Waals surface area contributed by atoms with E-state index in [0.717, 1.165) is 41.4 Å². The first-order chi connectivity index (χ1) is 9.15. The van der Waals surface area contributed by atoms with Gasteiger partial charge in [0.05, 0.1) is 13.2 Å². The molecule has 4 nitrogen and oxygen atoms in total. The molecule has 2 unspecified atom stereocenters. The quantitative estimate of drug-likeness (QED) is 0.739. The van der Waals surface area contributed by atoms with E-state index in [-0.39, 0.29) is 12.2 Å². The number of aryl methyl sites for hydroxylation is 1. The predicted molar refractivity (Wildman–Crippen MR) is 71.1 cm³/mol. The van der Waals surface area contributed by atoms with Crippen LogP contribution in [0, 0.1) is 20.8 Å². The molecule has 19 heavy (non-hydrogen) atoms. The normalized spacial score (nSPS) is 24.2. The summed E-state index contributed by atoms with van der Waals surface area (Å²) in [6.07, 6.45) is 0.560. The van der Waals surface area contributed by atoms with Crippen LogP contribution in [0.4, 0.5) is 0 Å². The molecule has 2 fully saturated rings.